The average Bonchev–Trinajstić information content (AvgIpc) is 3.74. The lowest BCUT2D eigenvalue weighted by atomic mass is 9.43. The van der Waals surface area contributed by atoms with Crippen LogP contribution >= 0.6 is 0 Å². The first-order valence-corrected chi connectivity index (χ1v) is 23.1. The number of nitrogens with zero attached hydrogens (tertiary/aromatic N) is 1. The zero-order valence-corrected chi connectivity index (χ0v) is 35.7. The smallest absolute Gasteiger partial charge is 0.0465 e. The molecule has 0 heterocycles. The van der Waals surface area contributed by atoms with Crippen molar-refractivity contribution >= 4 is 17.1 Å². The SMILES string of the molecule is CC1(C)c2ccccc2-c2ccc(N(c3ccc(-c4ccccc4)cc3)c3ccc(-c4ccc(-c5cccc6c5-c5ccccc5C65C6CC7CC(C6)CC5C7)cc4)cc3)cc21. The Balaban J connectivity index is 0.852. The minimum atomic E-state index is -0.0828. The maximum atomic E-state index is 2.51. The molecule has 4 saturated carbocycles. The van der Waals surface area contributed by atoms with Crippen molar-refractivity contribution in [3.05, 3.63) is 210 Å². The first kappa shape index (κ1) is 36.2. The lowest BCUT2D eigenvalue weighted by Gasteiger charge is -2.61. The van der Waals surface area contributed by atoms with Crippen LogP contribution in [0, 0.1) is 23.7 Å². The third-order valence-corrected chi connectivity index (χ3v) is 16.3. The third kappa shape index (κ3) is 5.21. The van der Waals surface area contributed by atoms with Gasteiger partial charge in [0.25, 0.3) is 0 Å². The van der Waals surface area contributed by atoms with Crippen LogP contribution in [-0.2, 0) is 10.8 Å². The van der Waals surface area contributed by atoms with E-state index >= 15 is 0 Å². The summed E-state index contributed by atoms with van der Waals surface area (Å²) in [6.45, 7) is 4.73. The quantitative estimate of drug-likeness (QED) is 0.162. The molecule has 0 amide bonds. The molecule has 1 spiro atoms. The van der Waals surface area contributed by atoms with Gasteiger partial charge in [-0.25, -0.2) is 0 Å². The van der Waals surface area contributed by atoms with Crippen LogP contribution in [0.25, 0.3) is 55.6 Å². The Morgan fingerprint density at radius 1 is 0.355 bits per heavy atom. The number of benzene rings is 8. The molecule has 0 atom stereocenters. The molecule has 6 aliphatic carbocycles. The predicted octanol–water partition coefficient (Wildman–Crippen LogP) is 16.2. The van der Waals surface area contributed by atoms with E-state index in [0.29, 0.717) is 0 Å². The highest BCUT2D eigenvalue weighted by atomic mass is 15.1. The molecule has 8 aromatic rings. The van der Waals surface area contributed by atoms with Gasteiger partial charge in [0.2, 0.25) is 0 Å². The van der Waals surface area contributed by atoms with E-state index in [9.17, 15) is 0 Å². The molecule has 6 aliphatic rings. The summed E-state index contributed by atoms with van der Waals surface area (Å²) in [7, 11) is 0. The van der Waals surface area contributed by atoms with Crippen molar-refractivity contribution in [2.24, 2.45) is 23.7 Å². The summed E-state index contributed by atoms with van der Waals surface area (Å²) < 4.78 is 0. The molecule has 62 heavy (non-hydrogen) atoms. The van der Waals surface area contributed by atoms with Crippen molar-refractivity contribution in [1.29, 1.82) is 0 Å². The number of rotatable bonds is 6. The van der Waals surface area contributed by atoms with Gasteiger partial charge in [-0.05, 0) is 170 Å². The van der Waals surface area contributed by atoms with Crippen LogP contribution in [0.1, 0.15) is 68.2 Å². The molecule has 1 nitrogen and oxygen atoms in total. The number of fused-ring (bicyclic) bond motifs is 6. The first-order valence-electron chi connectivity index (χ1n) is 23.1. The zero-order chi connectivity index (χ0) is 41.2. The lowest BCUT2D eigenvalue weighted by molar-refractivity contribution is -0.0399. The fourth-order valence-corrected chi connectivity index (χ4v) is 13.8. The fourth-order valence-electron chi connectivity index (χ4n) is 13.8. The molecule has 0 radical (unpaired) electrons. The van der Waals surface area contributed by atoms with Gasteiger partial charge in [-0.3, -0.25) is 0 Å². The molecule has 14 rings (SSSR count). The van der Waals surface area contributed by atoms with Crippen molar-refractivity contribution in [2.75, 3.05) is 4.90 Å². The Hall–Kier alpha value is -6.44. The van der Waals surface area contributed by atoms with Crippen LogP contribution in [0.4, 0.5) is 17.1 Å². The first-order chi connectivity index (χ1) is 30.4. The van der Waals surface area contributed by atoms with Crippen LogP contribution < -0.4 is 4.90 Å². The van der Waals surface area contributed by atoms with Gasteiger partial charge in [-0.2, -0.15) is 0 Å². The minimum absolute atomic E-state index is 0.0828. The van der Waals surface area contributed by atoms with E-state index in [-0.39, 0.29) is 10.8 Å². The second-order valence-corrected chi connectivity index (χ2v) is 19.7. The van der Waals surface area contributed by atoms with Gasteiger partial charge in [0, 0.05) is 27.9 Å². The molecule has 0 aliphatic heterocycles. The van der Waals surface area contributed by atoms with Crippen molar-refractivity contribution in [1.82, 2.24) is 0 Å². The molecular weight excluding hydrogens is 747 g/mol. The summed E-state index contributed by atoms with van der Waals surface area (Å²) in [4.78, 5) is 2.42. The van der Waals surface area contributed by atoms with E-state index in [1.54, 1.807) is 11.1 Å². The zero-order valence-electron chi connectivity index (χ0n) is 35.7. The third-order valence-electron chi connectivity index (χ3n) is 16.3. The Labute approximate surface area is 366 Å². The van der Waals surface area contributed by atoms with E-state index in [1.165, 1.54) is 105 Å². The molecule has 0 N–H and O–H groups in total. The summed E-state index contributed by atoms with van der Waals surface area (Å²) in [5.74, 6) is 3.45. The Morgan fingerprint density at radius 3 is 1.47 bits per heavy atom. The standard InChI is InChI=1S/C61H51N/c1-60(2)55-16-8-6-13-52(55)53-32-31-50(38-58(53)60)62(48-27-23-43(24-28-48)41-11-4-3-5-12-41)49-29-25-44(26-30-49)42-19-21-45(22-20-42)51-15-10-18-57-59(51)54-14-7-9-17-56(54)61(57)46-34-39-33-40(36-46)37-47(61)35-39/h3-32,38-40,46-47H,33-37H2,1-2H3. The normalized spacial score (nSPS) is 22.9. The average molecular weight is 798 g/mol. The Morgan fingerprint density at radius 2 is 0.823 bits per heavy atom. The van der Waals surface area contributed by atoms with Crippen molar-refractivity contribution < 1.29 is 0 Å². The van der Waals surface area contributed by atoms with Gasteiger partial charge in [0.15, 0.2) is 0 Å². The minimum Gasteiger partial charge on any atom is -0.310 e. The van der Waals surface area contributed by atoms with E-state index in [2.05, 4.69) is 207 Å². The van der Waals surface area contributed by atoms with Crippen LogP contribution in [0.3, 0.4) is 0 Å². The molecule has 0 saturated heterocycles. The van der Waals surface area contributed by atoms with Gasteiger partial charge in [0.1, 0.15) is 0 Å². The van der Waals surface area contributed by atoms with Gasteiger partial charge in [-0.15, -0.1) is 0 Å². The summed E-state index contributed by atoms with van der Waals surface area (Å²) in [6.07, 6.45) is 7.14. The molecule has 1 heteroatoms. The second-order valence-electron chi connectivity index (χ2n) is 19.7. The molecular formula is C61H51N. The van der Waals surface area contributed by atoms with Crippen LogP contribution in [0.15, 0.2) is 188 Å². The summed E-state index contributed by atoms with van der Waals surface area (Å²) in [6, 6.07) is 71.1. The summed E-state index contributed by atoms with van der Waals surface area (Å²) in [5, 5.41) is 0. The molecule has 8 aromatic carbocycles. The van der Waals surface area contributed by atoms with Gasteiger partial charge in [0.05, 0.1) is 0 Å². The molecule has 300 valence electrons. The summed E-state index contributed by atoms with van der Waals surface area (Å²) in [5.41, 5.74) is 22.9. The lowest BCUT2D eigenvalue weighted by Crippen LogP contribution is -2.55. The van der Waals surface area contributed by atoms with Crippen molar-refractivity contribution in [3.8, 4) is 55.6 Å². The highest BCUT2D eigenvalue weighted by Gasteiger charge is 2.61. The van der Waals surface area contributed by atoms with Crippen molar-refractivity contribution in [2.45, 2.75) is 56.8 Å². The molecule has 4 fully saturated rings. The second kappa shape index (κ2) is 13.5. The molecule has 0 unspecified atom stereocenters. The highest BCUT2D eigenvalue weighted by Crippen LogP contribution is 2.70. The van der Waals surface area contributed by atoms with Crippen LogP contribution in [0.2, 0.25) is 0 Å². The van der Waals surface area contributed by atoms with Crippen LogP contribution in [0.5, 0.6) is 0 Å². The van der Waals surface area contributed by atoms with Crippen LogP contribution in [-0.4, -0.2) is 0 Å². The maximum absolute atomic E-state index is 2.51. The predicted molar refractivity (Wildman–Crippen MR) is 258 cm³/mol. The van der Waals surface area contributed by atoms with E-state index in [4.69, 9.17) is 0 Å². The van der Waals surface area contributed by atoms with Crippen molar-refractivity contribution in [3.63, 3.8) is 0 Å². The largest absolute Gasteiger partial charge is 0.310 e. The molecule has 0 aromatic heterocycles. The highest BCUT2D eigenvalue weighted by molar-refractivity contribution is 5.94. The van der Waals surface area contributed by atoms with E-state index in [1.807, 2.05) is 0 Å². The monoisotopic (exact) mass is 797 g/mol. The number of hydrogen-bond acceptors (Lipinski definition) is 1. The van der Waals surface area contributed by atoms with Gasteiger partial charge in [-0.1, -0.05) is 166 Å². The van der Waals surface area contributed by atoms with Gasteiger partial charge >= 0.3 is 0 Å². The topological polar surface area (TPSA) is 3.24 Å². The van der Waals surface area contributed by atoms with Gasteiger partial charge < -0.3 is 4.90 Å². The Kier molecular flexibility index (Phi) is 7.91. The fraction of sp³-hybridized carbons (Fsp3) is 0.213. The number of hydrogen-bond donors (Lipinski definition) is 0. The maximum Gasteiger partial charge on any atom is 0.0465 e. The summed E-state index contributed by atoms with van der Waals surface area (Å²) >= 11 is 0. The molecule has 4 bridgehead atoms. The van der Waals surface area contributed by atoms with E-state index < -0.39 is 0 Å². The number of anilines is 3. The van der Waals surface area contributed by atoms with E-state index in [0.717, 1.165) is 35.0 Å². The Bertz CT molecular complexity index is 3000.